The maximum atomic E-state index is 12.7. The molecule has 0 heterocycles. The molecule has 0 bridgehead atoms. The van der Waals surface area contributed by atoms with Gasteiger partial charge in [-0.15, -0.1) is 0 Å². The van der Waals surface area contributed by atoms with E-state index in [9.17, 15) is 18.3 Å². The summed E-state index contributed by atoms with van der Waals surface area (Å²) in [5.74, 6) is -0.311. The molecule has 1 amide bonds. The van der Waals surface area contributed by atoms with Gasteiger partial charge in [-0.1, -0.05) is 18.9 Å². The molecule has 2 atom stereocenters. The van der Waals surface area contributed by atoms with Gasteiger partial charge in [0.1, 0.15) is 6.54 Å². The van der Waals surface area contributed by atoms with E-state index in [4.69, 9.17) is 0 Å². The molecule has 7 heteroatoms. The van der Waals surface area contributed by atoms with Crippen molar-refractivity contribution in [2.24, 2.45) is 0 Å². The number of benzene rings is 1. The lowest BCUT2D eigenvalue weighted by Crippen LogP contribution is -2.50. The lowest BCUT2D eigenvalue weighted by molar-refractivity contribution is -0.133. The van der Waals surface area contributed by atoms with Gasteiger partial charge in [0.15, 0.2) is 0 Å². The van der Waals surface area contributed by atoms with Crippen LogP contribution >= 0.6 is 0 Å². The Morgan fingerprint density at radius 1 is 1.20 bits per heavy atom. The van der Waals surface area contributed by atoms with E-state index in [1.807, 2.05) is 19.9 Å². The summed E-state index contributed by atoms with van der Waals surface area (Å²) in [5.41, 5.74) is 2.51. The molecule has 1 N–H and O–H groups in total. The summed E-state index contributed by atoms with van der Waals surface area (Å²) >= 11 is 0. The fourth-order valence-electron chi connectivity index (χ4n) is 3.24. The predicted octanol–water partition coefficient (Wildman–Crippen LogP) is 1.83. The van der Waals surface area contributed by atoms with Crippen LogP contribution < -0.4 is 4.31 Å². The molecule has 0 saturated heterocycles. The number of hydrogen-bond donors (Lipinski definition) is 1. The number of sulfonamides is 1. The first kappa shape index (κ1) is 19.7. The van der Waals surface area contributed by atoms with E-state index in [1.54, 1.807) is 19.2 Å². The molecule has 25 heavy (non-hydrogen) atoms. The van der Waals surface area contributed by atoms with Gasteiger partial charge in [0.25, 0.3) is 0 Å². The Morgan fingerprint density at radius 2 is 1.84 bits per heavy atom. The summed E-state index contributed by atoms with van der Waals surface area (Å²) in [6.45, 7) is 3.60. The maximum Gasteiger partial charge on any atom is 0.243 e. The minimum atomic E-state index is -3.60. The zero-order valence-electron chi connectivity index (χ0n) is 15.4. The number of anilines is 1. The van der Waals surface area contributed by atoms with Gasteiger partial charge in [-0.3, -0.25) is 9.10 Å². The number of carbonyl (C=O) groups is 1. The van der Waals surface area contributed by atoms with Crippen LogP contribution in [0.5, 0.6) is 0 Å². The van der Waals surface area contributed by atoms with Crippen molar-refractivity contribution in [3.05, 3.63) is 29.3 Å². The van der Waals surface area contributed by atoms with Crippen molar-refractivity contribution in [1.29, 1.82) is 0 Å². The molecule has 1 fully saturated rings. The van der Waals surface area contributed by atoms with Gasteiger partial charge in [0.2, 0.25) is 15.9 Å². The third-order valence-electron chi connectivity index (χ3n) is 5.04. The highest BCUT2D eigenvalue weighted by molar-refractivity contribution is 7.92. The Bertz CT molecular complexity index is 733. The quantitative estimate of drug-likeness (QED) is 0.860. The molecule has 2 rings (SSSR count). The van der Waals surface area contributed by atoms with Crippen molar-refractivity contribution in [2.75, 3.05) is 24.2 Å². The minimum absolute atomic E-state index is 0.248. The summed E-state index contributed by atoms with van der Waals surface area (Å²) < 4.78 is 25.6. The van der Waals surface area contributed by atoms with Crippen LogP contribution in [0.4, 0.5) is 5.69 Å². The van der Waals surface area contributed by atoms with Crippen molar-refractivity contribution < 1.29 is 18.3 Å². The Hall–Kier alpha value is -1.60. The zero-order chi connectivity index (χ0) is 18.8. The third-order valence-corrected chi connectivity index (χ3v) is 6.18. The highest BCUT2D eigenvalue weighted by Gasteiger charge is 2.31. The molecule has 6 nitrogen and oxygen atoms in total. The molecule has 1 aromatic rings. The lowest BCUT2D eigenvalue weighted by atomic mass is 9.91. The van der Waals surface area contributed by atoms with Gasteiger partial charge in [-0.25, -0.2) is 8.42 Å². The van der Waals surface area contributed by atoms with Crippen LogP contribution in [0.1, 0.15) is 36.8 Å². The Balaban J connectivity index is 2.22. The van der Waals surface area contributed by atoms with E-state index in [0.717, 1.165) is 41.0 Å². The first-order valence-electron chi connectivity index (χ1n) is 8.60. The first-order valence-corrected chi connectivity index (χ1v) is 10.4. The number of rotatable bonds is 5. The second-order valence-electron chi connectivity index (χ2n) is 6.96. The molecule has 1 aliphatic carbocycles. The smallest absolute Gasteiger partial charge is 0.243 e. The molecule has 0 radical (unpaired) electrons. The second kappa shape index (κ2) is 7.74. The normalized spacial score (nSPS) is 21.0. The summed E-state index contributed by atoms with van der Waals surface area (Å²) in [4.78, 5) is 14.2. The highest BCUT2D eigenvalue weighted by atomic mass is 32.2. The molecule has 1 aromatic carbocycles. The molecule has 1 saturated carbocycles. The van der Waals surface area contributed by atoms with Crippen LogP contribution in [0.25, 0.3) is 0 Å². The Morgan fingerprint density at radius 3 is 2.40 bits per heavy atom. The third kappa shape index (κ3) is 4.73. The minimum Gasteiger partial charge on any atom is -0.391 e. The summed E-state index contributed by atoms with van der Waals surface area (Å²) in [6.07, 6.45) is 3.90. The number of carbonyl (C=O) groups excluding carboxylic acids is 1. The second-order valence-corrected chi connectivity index (χ2v) is 8.87. The average molecular weight is 368 g/mol. The molecular weight excluding hydrogens is 340 g/mol. The van der Waals surface area contributed by atoms with E-state index in [-0.39, 0.29) is 18.5 Å². The maximum absolute atomic E-state index is 12.7. The van der Waals surface area contributed by atoms with Crippen LogP contribution in [-0.4, -0.2) is 56.3 Å². The van der Waals surface area contributed by atoms with Gasteiger partial charge >= 0.3 is 0 Å². The Kier molecular flexibility index (Phi) is 6.11. The fourth-order valence-corrected chi connectivity index (χ4v) is 4.09. The van der Waals surface area contributed by atoms with Crippen molar-refractivity contribution in [3.8, 4) is 0 Å². The van der Waals surface area contributed by atoms with Crippen LogP contribution in [0.15, 0.2) is 18.2 Å². The number of aliphatic hydroxyl groups is 1. The number of likely N-dealkylation sites (N-methyl/N-ethyl adjacent to an activating group) is 1. The standard InChI is InChI=1S/C18H28N2O4S/c1-13-9-10-15(11-14(13)2)20(25(4,23)24)12-18(22)19(3)16-7-5-6-8-17(16)21/h9-11,16-17,21H,5-8,12H2,1-4H3. The molecular formula is C18H28N2O4S. The van der Waals surface area contributed by atoms with Crippen LogP contribution in [-0.2, 0) is 14.8 Å². The molecule has 140 valence electrons. The molecule has 0 aliphatic heterocycles. The molecule has 0 aromatic heterocycles. The SMILES string of the molecule is Cc1ccc(N(CC(=O)N(C)C2CCCCC2O)S(C)(=O)=O)cc1C. The summed E-state index contributed by atoms with van der Waals surface area (Å²) in [7, 11) is -1.96. The van der Waals surface area contributed by atoms with Gasteiger partial charge < -0.3 is 10.0 Å². The topological polar surface area (TPSA) is 77.9 Å². The van der Waals surface area contributed by atoms with Crippen LogP contribution in [0.3, 0.4) is 0 Å². The fraction of sp³-hybridized carbons (Fsp3) is 0.611. The predicted molar refractivity (Wildman–Crippen MR) is 99.1 cm³/mol. The van der Waals surface area contributed by atoms with Crippen molar-refractivity contribution >= 4 is 21.6 Å². The lowest BCUT2D eigenvalue weighted by Gasteiger charge is -2.36. The van der Waals surface area contributed by atoms with E-state index < -0.39 is 16.1 Å². The number of amides is 1. The van der Waals surface area contributed by atoms with Gasteiger partial charge in [0.05, 0.1) is 24.1 Å². The molecule has 2 unspecified atom stereocenters. The van der Waals surface area contributed by atoms with E-state index in [1.165, 1.54) is 4.90 Å². The molecule has 1 aliphatic rings. The van der Waals surface area contributed by atoms with Gasteiger partial charge in [0, 0.05) is 7.05 Å². The van der Waals surface area contributed by atoms with E-state index in [2.05, 4.69) is 0 Å². The number of hydrogen-bond acceptors (Lipinski definition) is 4. The highest BCUT2D eigenvalue weighted by Crippen LogP contribution is 2.24. The van der Waals surface area contributed by atoms with Crippen LogP contribution in [0, 0.1) is 13.8 Å². The van der Waals surface area contributed by atoms with Crippen molar-refractivity contribution in [1.82, 2.24) is 4.90 Å². The average Bonchev–Trinajstić information content (AvgIpc) is 2.54. The summed E-state index contributed by atoms with van der Waals surface area (Å²) in [6, 6.07) is 5.09. The van der Waals surface area contributed by atoms with E-state index in [0.29, 0.717) is 12.1 Å². The van der Waals surface area contributed by atoms with Crippen molar-refractivity contribution in [3.63, 3.8) is 0 Å². The molecule has 0 spiro atoms. The van der Waals surface area contributed by atoms with Crippen molar-refractivity contribution in [2.45, 2.75) is 51.7 Å². The van der Waals surface area contributed by atoms with Crippen LogP contribution in [0.2, 0.25) is 0 Å². The van der Waals surface area contributed by atoms with Gasteiger partial charge in [-0.05, 0) is 49.9 Å². The Labute approximate surface area is 150 Å². The largest absolute Gasteiger partial charge is 0.391 e. The van der Waals surface area contributed by atoms with E-state index >= 15 is 0 Å². The van der Waals surface area contributed by atoms with Gasteiger partial charge in [-0.2, -0.15) is 0 Å². The number of aliphatic hydroxyl groups excluding tert-OH is 1. The zero-order valence-corrected chi connectivity index (χ0v) is 16.2. The first-order chi connectivity index (χ1) is 11.6. The summed E-state index contributed by atoms with van der Waals surface area (Å²) in [5, 5.41) is 10.1. The number of aryl methyl sites for hydroxylation is 2. The number of nitrogens with zero attached hydrogens (tertiary/aromatic N) is 2. The monoisotopic (exact) mass is 368 g/mol.